The molecule has 0 spiro atoms. The Morgan fingerprint density at radius 1 is 1.23 bits per heavy atom. The van der Waals surface area contributed by atoms with E-state index in [4.69, 9.17) is 4.74 Å². The Labute approximate surface area is 183 Å². The number of anilines is 2. The van der Waals surface area contributed by atoms with Gasteiger partial charge in [0.1, 0.15) is 0 Å². The zero-order valence-electron chi connectivity index (χ0n) is 16.7. The predicted molar refractivity (Wildman–Crippen MR) is 122 cm³/mol. The molecule has 0 aliphatic carbocycles. The lowest BCUT2D eigenvalue weighted by molar-refractivity contribution is -0.116. The van der Waals surface area contributed by atoms with Crippen LogP contribution in [0.15, 0.2) is 53.4 Å². The Kier molecular flexibility index (Phi) is 6.66. The molecule has 0 unspecified atom stereocenters. The van der Waals surface area contributed by atoms with E-state index >= 15 is 0 Å². The number of nitrogens with one attached hydrogen (secondary N) is 1. The number of hydrogen-bond acceptors (Lipinski definition) is 6. The van der Waals surface area contributed by atoms with Gasteiger partial charge >= 0.3 is 0 Å². The first-order chi connectivity index (χ1) is 14.6. The minimum Gasteiger partial charge on any atom is -0.376 e. The fourth-order valence-electron chi connectivity index (χ4n) is 3.31. The lowest BCUT2D eigenvalue weighted by Crippen LogP contribution is -2.38. The molecule has 1 saturated heterocycles. The van der Waals surface area contributed by atoms with Crippen LogP contribution in [0.25, 0.3) is 10.2 Å². The van der Waals surface area contributed by atoms with Crippen LogP contribution in [0.5, 0.6) is 0 Å². The standard InChI is InChI=1S/C22H23N3O3S2/c1-15(26)23-16-8-10-18(11-9-16)29-14-21(27)25(13-17-5-4-12-28-17)22-24-19-6-2-3-7-20(19)30-22/h2-3,6-11,17H,4-5,12-14H2,1H3,(H,23,26)/t17-/m1/s1. The number of para-hydroxylation sites is 1. The SMILES string of the molecule is CC(=O)Nc1ccc(SCC(=O)N(C[C@H]2CCCO2)c2nc3ccccc3s2)cc1. The molecule has 0 saturated carbocycles. The Hall–Kier alpha value is -2.42. The first kappa shape index (κ1) is 20.8. The minimum absolute atomic E-state index is 0.0143. The molecule has 6 nitrogen and oxygen atoms in total. The summed E-state index contributed by atoms with van der Waals surface area (Å²) in [5, 5.41) is 3.47. The van der Waals surface area contributed by atoms with Crippen LogP contribution in [-0.4, -0.2) is 41.8 Å². The van der Waals surface area contributed by atoms with Crippen molar-refractivity contribution in [1.29, 1.82) is 0 Å². The summed E-state index contributed by atoms with van der Waals surface area (Å²) in [6.45, 7) is 2.76. The zero-order valence-corrected chi connectivity index (χ0v) is 18.3. The van der Waals surface area contributed by atoms with Crippen LogP contribution in [0, 0.1) is 0 Å². The first-order valence-electron chi connectivity index (χ1n) is 9.86. The third-order valence-electron chi connectivity index (χ3n) is 4.76. The summed E-state index contributed by atoms with van der Waals surface area (Å²) in [5.74, 6) is 0.217. The summed E-state index contributed by atoms with van der Waals surface area (Å²) in [6.07, 6.45) is 2.05. The first-order valence-corrected chi connectivity index (χ1v) is 11.7. The van der Waals surface area contributed by atoms with E-state index in [9.17, 15) is 9.59 Å². The van der Waals surface area contributed by atoms with Crippen molar-refractivity contribution in [3.8, 4) is 0 Å². The molecule has 2 aromatic carbocycles. The van der Waals surface area contributed by atoms with Crippen LogP contribution in [-0.2, 0) is 14.3 Å². The molecule has 0 radical (unpaired) electrons. The lowest BCUT2D eigenvalue weighted by Gasteiger charge is -2.23. The number of benzene rings is 2. The Balaban J connectivity index is 1.46. The van der Waals surface area contributed by atoms with Crippen LogP contribution in [0.1, 0.15) is 19.8 Å². The molecule has 156 valence electrons. The van der Waals surface area contributed by atoms with Crippen molar-refractivity contribution in [1.82, 2.24) is 4.98 Å². The second-order valence-electron chi connectivity index (χ2n) is 7.10. The molecule has 2 heterocycles. The van der Waals surface area contributed by atoms with Gasteiger partial charge in [-0.3, -0.25) is 14.5 Å². The van der Waals surface area contributed by atoms with Gasteiger partial charge in [0, 0.05) is 24.1 Å². The highest BCUT2D eigenvalue weighted by Crippen LogP contribution is 2.31. The van der Waals surface area contributed by atoms with E-state index in [0.717, 1.165) is 45.4 Å². The summed E-state index contributed by atoms with van der Waals surface area (Å²) in [7, 11) is 0. The van der Waals surface area contributed by atoms with E-state index in [1.807, 2.05) is 48.5 Å². The normalized spacial score (nSPS) is 16.0. The molecule has 1 fully saturated rings. The number of thiazole rings is 1. The van der Waals surface area contributed by atoms with Gasteiger partial charge in [-0.1, -0.05) is 23.5 Å². The fraction of sp³-hybridized carbons (Fsp3) is 0.318. The van der Waals surface area contributed by atoms with Gasteiger partial charge < -0.3 is 10.1 Å². The minimum atomic E-state index is -0.105. The second-order valence-corrected chi connectivity index (χ2v) is 9.16. The number of aromatic nitrogens is 1. The van der Waals surface area contributed by atoms with Gasteiger partial charge in [-0.05, 0) is 49.2 Å². The molecule has 1 N–H and O–H groups in total. The summed E-state index contributed by atoms with van der Waals surface area (Å²) >= 11 is 3.01. The number of hydrogen-bond donors (Lipinski definition) is 1. The molecule has 2 amide bonds. The van der Waals surface area contributed by atoms with Crippen LogP contribution < -0.4 is 10.2 Å². The number of carbonyl (C=O) groups excluding carboxylic acids is 2. The van der Waals surface area contributed by atoms with Crippen molar-refractivity contribution in [3.63, 3.8) is 0 Å². The topological polar surface area (TPSA) is 71.5 Å². The van der Waals surface area contributed by atoms with Gasteiger partial charge in [0.05, 0.1) is 28.6 Å². The number of nitrogens with zero attached hydrogens (tertiary/aromatic N) is 2. The molecule has 30 heavy (non-hydrogen) atoms. The summed E-state index contributed by atoms with van der Waals surface area (Å²) in [6, 6.07) is 15.4. The van der Waals surface area contributed by atoms with E-state index in [1.54, 1.807) is 4.90 Å². The molecule has 0 bridgehead atoms. The van der Waals surface area contributed by atoms with Gasteiger partial charge in [0.2, 0.25) is 11.8 Å². The van der Waals surface area contributed by atoms with Crippen molar-refractivity contribution in [2.75, 3.05) is 29.1 Å². The molecule has 1 aromatic heterocycles. The Morgan fingerprint density at radius 3 is 2.73 bits per heavy atom. The van der Waals surface area contributed by atoms with Gasteiger partial charge in [0.15, 0.2) is 5.13 Å². The Morgan fingerprint density at radius 2 is 2.03 bits per heavy atom. The highest BCUT2D eigenvalue weighted by Gasteiger charge is 2.26. The van der Waals surface area contributed by atoms with Crippen LogP contribution >= 0.6 is 23.1 Å². The highest BCUT2D eigenvalue weighted by molar-refractivity contribution is 8.00. The molecule has 1 atom stereocenters. The Bertz CT molecular complexity index is 997. The van der Waals surface area contributed by atoms with Crippen molar-refractivity contribution in [2.45, 2.75) is 30.8 Å². The van der Waals surface area contributed by atoms with Gasteiger partial charge in [0.25, 0.3) is 0 Å². The average molecular weight is 442 g/mol. The quantitative estimate of drug-likeness (QED) is 0.544. The number of carbonyl (C=O) groups is 2. The average Bonchev–Trinajstić information content (AvgIpc) is 3.40. The van der Waals surface area contributed by atoms with E-state index < -0.39 is 0 Å². The number of amides is 2. The molecular weight excluding hydrogens is 418 g/mol. The van der Waals surface area contributed by atoms with Crippen molar-refractivity contribution in [3.05, 3.63) is 48.5 Å². The molecule has 1 aliphatic heterocycles. The number of rotatable bonds is 7. The summed E-state index contributed by atoms with van der Waals surface area (Å²) in [5.41, 5.74) is 1.65. The maximum atomic E-state index is 13.2. The highest BCUT2D eigenvalue weighted by atomic mass is 32.2. The molecule has 4 rings (SSSR count). The smallest absolute Gasteiger partial charge is 0.239 e. The largest absolute Gasteiger partial charge is 0.376 e. The third kappa shape index (κ3) is 5.19. The van der Waals surface area contributed by atoms with Crippen LogP contribution in [0.3, 0.4) is 0 Å². The van der Waals surface area contributed by atoms with E-state index in [-0.39, 0.29) is 17.9 Å². The van der Waals surface area contributed by atoms with Crippen molar-refractivity contribution >= 4 is 55.9 Å². The van der Waals surface area contributed by atoms with Crippen LogP contribution in [0.4, 0.5) is 10.8 Å². The third-order valence-corrected chi connectivity index (χ3v) is 6.82. The monoisotopic (exact) mass is 441 g/mol. The maximum Gasteiger partial charge on any atom is 0.239 e. The zero-order chi connectivity index (χ0) is 20.9. The van der Waals surface area contributed by atoms with E-state index in [1.165, 1.54) is 30.0 Å². The molecule has 8 heteroatoms. The molecule has 1 aliphatic rings. The lowest BCUT2D eigenvalue weighted by atomic mass is 10.2. The van der Waals surface area contributed by atoms with Gasteiger partial charge in [-0.2, -0.15) is 0 Å². The van der Waals surface area contributed by atoms with E-state index in [0.29, 0.717) is 12.3 Å². The number of thioether (sulfide) groups is 1. The molecule has 3 aromatic rings. The summed E-state index contributed by atoms with van der Waals surface area (Å²) in [4.78, 5) is 31.7. The second kappa shape index (κ2) is 9.59. The number of ether oxygens (including phenoxy) is 1. The summed E-state index contributed by atoms with van der Waals surface area (Å²) < 4.78 is 6.85. The van der Waals surface area contributed by atoms with Crippen LogP contribution in [0.2, 0.25) is 0 Å². The fourth-order valence-corrected chi connectivity index (χ4v) is 5.08. The van der Waals surface area contributed by atoms with Crippen molar-refractivity contribution in [2.24, 2.45) is 0 Å². The number of fused-ring (bicyclic) bond motifs is 1. The predicted octanol–water partition coefficient (Wildman–Crippen LogP) is 4.56. The van der Waals surface area contributed by atoms with E-state index in [2.05, 4.69) is 10.3 Å². The molecular formula is C22H23N3O3S2. The van der Waals surface area contributed by atoms with Gasteiger partial charge in [-0.15, -0.1) is 11.8 Å². The van der Waals surface area contributed by atoms with Gasteiger partial charge in [-0.25, -0.2) is 4.98 Å². The van der Waals surface area contributed by atoms with Crippen molar-refractivity contribution < 1.29 is 14.3 Å². The maximum absolute atomic E-state index is 13.2.